The Balaban J connectivity index is 1.60. The monoisotopic (exact) mass is 393 g/mol. The standard InChI is InChI=1S/C24H24FNO3/c25-22-10-3-2-9-21(22)24-17-26(16-19-7-1-4-11-23(19)29-24)15-18-6-5-8-20(14-18)28-13-12-27/h1-11,14,24,27H,12-13,15-17H2/t24-/m1/s1. The second-order valence-electron chi connectivity index (χ2n) is 7.12. The first-order valence-electron chi connectivity index (χ1n) is 9.77. The van der Waals surface area contributed by atoms with Gasteiger partial charge in [0.05, 0.1) is 6.61 Å². The van der Waals surface area contributed by atoms with Crippen LogP contribution in [-0.4, -0.2) is 29.8 Å². The van der Waals surface area contributed by atoms with Gasteiger partial charge in [-0.15, -0.1) is 0 Å². The van der Waals surface area contributed by atoms with E-state index in [4.69, 9.17) is 14.6 Å². The lowest BCUT2D eigenvalue weighted by molar-refractivity contribution is 0.140. The maximum Gasteiger partial charge on any atom is 0.139 e. The van der Waals surface area contributed by atoms with Crippen LogP contribution in [0.4, 0.5) is 4.39 Å². The fourth-order valence-corrected chi connectivity index (χ4v) is 3.65. The van der Waals surface area contributed by atoms with E-state index in [1.54, 1.807) is 12.1 Å². The van der Waals surface area contributed by atoms with Crippen LogP contribution in [0.25, 0.3) is 0 Å². The summed E-state index contributed by atoms with van der Waals surface area (Å²) < 4.78 is 26.2. The molecule has 1 heterocycles. The zero-order chi connectivity index (χ0) is 20.1. The third-order valence-corrected chi connectivity index (χ3v) is 4.98. The van der Waals surface area contributed by atoms with Crippen LogP contribution in [0.1, 0.15) is 22.8 Å². The van der Waals surface area contributed by atoms with E-state index in [1.165, 1.54) is 6.07 Å². The van der Waals surface area contributed by atoms with Crippen LogP contribution in [0.2, 0.25) is 0 Å². The predicted molar refractivity (Wildman–Crippen MR) is 109 cm³/mol. The average molecular weight is 393 g/mol. The van der Waals surface area contributed by atoms with Crippen molar-refractivity contribution in [2.24, 2.45) is 0 Å². The minimum atomic E-state index is -0.395. The maximum atomic E-state index is 14.5. The molecule has 0 amide bonds. The summed E-state index contributed by atoms with van der Waals surface area (Å²) >= 11 is 0. The number of hydrogen-bond acceptors (Lipinski definition) is 4. The van der Waals surface area contributed by atoms with Crippen LogP contribution >= 0.6 is 0 Å². The predicted octanol–water partition coefficient (Wildman–Crippen LogP) is 4.33. The molecule has 0 saturated heterocycles. The topological polar surface area (TPSA) is 41.9 Å². The number of nitrogens with zero attached hydrogens (tertiary/aromatic N) is 1. The highest BCUT2D eigenvalue weighted by Crippen LogP contribution is 2.32. The van der Waals surface area contributed by atoms with E-state index >= 15 is 0 Å². The third-order valence-electron chi connectivity index (χ3n) is 4.98. The Kier molecular flexibility index (Phi) is 6.08. The summed E-state index contributed by atoms with van der Waals surface area (Å²) in [5.74, 6) is 1.27. The number of halogens is 1. The van der Waals surface area contributed by atoms with E-state index < -0.39 is 6.10 Å². The van der Waals surface area contributed by atoms with Gasteiger partial charge in [0.1, 0.15) is 30.0 Å². The molecule has 0 saturated carbocycles. The molecule has 0 radical (unpaired) electrons. The molecule has 0 aromatic heterocycles. The number of aliphatic hydroxyl groups excluding tert-OH is 1. The number of hydrogen-bond donors (Lipinski definition) is 1. The molecule has 0 spiro atoms. The molecule has 150 valence electrons. The molecular formula is C24H24FNO3. The lowest BCUT2D eigenvalue weighted by atomic mass is 10.1. The second kappa shape index (κ2) is 9.07. The minimum absolute atomic E-state index is 0.0191. The van der Waals surface area contributed by atoms with Crippen LogP contribution in [0.3, 0.4) is 0 Å². The van der Waals surface area contributed by atoms with E-state index in [-0.39, 0.29) is 19.0 Å². The fourth-order valence-electron chi connectivity index (χ4n) is 3.65. The van der Waals surface area contributed by atoms with Crippen molar-refractivity contribution >= 4 is 0 Å². The van der Waals surface area contributed by atoms with Crippen LogP contribution in [-0.2, 0) is 13.1 Å². The van der Waals surface area contributed by atoms with Gasteiger partial charge in [0.15, 0.2) is 0 Å². The van der Waals surface area contributed by atoms with E-state index in [9.17, 15) is 4.39 Å². The summed E-state index contributed by atoms with van der Waals surface area (Å²) in [5.41, 5.74) is 2.74. The van der Waals surface area contributed by atoms with Gasteiger partial charge < -0.3 is 14.6 Å². The molecule has 5 heteroatoms. The molecule has 0 fully saturated rings. The van der Waals surface area contributed by atoms with Gasteiger partial charge in [0.25, 0.3) is 0 Å². The number of ether oxygens (including phenoxy) is 2. The Morgan fingerprint density at radius 2 is 1.86 bits per heavy atom. The molecule has 0 aliphatic carbocycles. The van der Waals surface area contributed by atoms with Crippen molar-refractivity contribution in [1.29, 1.82) is 0 Å². The molecule has 1 aliphatic heterocycles. The summed E-state index contributed by atoms with van der Waals surface area (Å²) in [4.78, 5) is 2.26. The van der Waals surface area contributed by atoms with Crippen LogP contribution in [0.5, 0.6) is 11.5 Å². The molecule has 4 rings (SSSR count). The Bertz CT molecular complexity index is 962. The number of fused-ring (bicyclic) bond motifs is 1. The molecule has 3 aromatic rings. The van der Waals surface area contributed by atoms with Gasteiger partial charge >= 0.3 is 0 Å². The normalized spacial score (nSPS) is 16.6. The Morgan fingerprint density at radius 1 is 1.03 bits per heavy atom. The first kappa shape index (κ1) is 19.4. The molecule has 1 aliphatic rings. The van der Waals surface area contributed by atoms with Crippen molar-refractivity contribution in [2.45, 2.75) is 19.2 Å². The highest BCUT2D eigenvalue weighted by Gasteiger charge is 2.26. The summed E-state index contributed by atoms with van der Waals surface area (Å²) in [6.45, 7) is 2.21. The lowest BCUT2D eigenvalue weighted by Gasteiger charge is -2.24. The third kappa shape index (κ3) is 4.75. The Morgan fingerprint density at radius 3 is 2.72 bits per heavy atom. The van der Waals surface area contributed by atoms with Crippen molar-refractivity contribution in [3.05, 3.63) is 95.3 Å². The summed E-state index contributed by atoms with van der Waals surface area (Å²) in [6.07, 6.45) is -0.395. The van der Waals surface area contributed by atoms with Crippen molar-refractivity contribution in [3.63, 3.8) is 0 Å². The lowest BCUT2D eigenvalue weighted by Crippen LogP contribution is -2.28. The molecular weight excluding hydrogens is 369 g/mol. The molecule has 4 nitrogen and oxygen atoms in total. The van der Waals surface area contributed by atoms with Crippen LogP contribution in [0, 0.1) is 5.82 Å². The van der Waals surface area contributed by atoms with E-state index in [2.05, 4.69) is 4.90 Å². The minimum Gasteiger partial charge on any atom is -0.491 e. The van der Waals surface area contributed by atoms with Gasteiger partial charge in [-0.25, -0.2) is 4.39 Å². The molecule has 0 unspecified atom stereocenters. The Labute approximate surface area is 170 Å². The zero-order valence-electron chi connectivity index (χ0n) is 16.1. The molecule has 3 aromatic carbocycles. The number of rotatable bonds is 6. The van der Waals surface area contributed by atoms with E-state index in [1.807, 2.05) is 54.6 Å². The van der Waals surface area contributed by atoms with Gasteiger partial charge in [0.2, 0.25) is 0 Å². The van der Waals surface area contributed by atoms with Gasteiger partial charge in [0, 0.05) is 30.8 Å². The highest BCUT2D eigenvalue weighted by atomic mass is 19.1. The smallest absolute Gasteiger partial charge is 0.139 e. The molecule has 1 N–H and O–H groups in total. The van der Waals surface area contributed by atoms with Gasteiger partial charge in [-0.2, -0.15) is 0 Å². The molecule has 0 bridgehead atoms. The number of aliphatic hydroxyl groups is 1. The SMILES string of the molecule is OCCOc1cccc(CN2Cc3ccccc3O[C@@H](c3ccccc3F)C2)c1. The first-order chi connectivity index (χ1) is 14.2. The fraction of sp³-hybridized carbons (Fsp3) is 0.250. The van der Waals surface area contributed by atoms with Crippen molar-refractivity contribution in [1.82, 2.24) is 4.90 Å². The summed E-state index contributed by atoms with van der Waals surface area (Å²) in [5, 5.41) is 8.96. The number of benzene rings is 3. The molecule has 29 heavy (non-hydrogen) atoms. The Hall–Kier alpha value is -2.89. The van der Waals surface area contributed by atoms with Gasteiger partial charge in [-0.05, 0) is 29.8 Å². The van der Waals surface area contributed by atoms with Gasteiger partial charge in [-0.3, -0.25) is 4.90 Å². The van der Waals surface area contributed by atoms with Crippen molar-refractivity contribution < 1.29 is 19.0 Å². The summed E-state index contributed by atoms with van der Waals surface area (Å²) in [6, 6.07) is 22.6. The quantitative estimate of drug-likeness (QED) is 0.677. The average Bonchev–Trinajstić information content (AvgIpc) is 2.91. The van der Waals surface area contributed by atoms with Crippen LogP contribution < -0.4 is 9.47 Å². The number of para-hydroxylation sites is 1. The maximum absolute atomic E-state index is 14.5. The van der Waals surface area contributed by atoms with Gasteiger partial charge in [-0.1, -0.05) is 48.5 Å². The zero-order valence-corrected chi connectivity index (χ0v) is 16.1. The highest BCUT2D eigenvalue weighted by molar-refractivity contribution is 5.36. The van der Waals surface area contributed by atoms with E-state index in [0.29, 0.717) is 25.2 Å². The first-order valence-corrected chi connectivity index (χ1v) is 9.77. The second-order valence-corrected chi connectivity index (χ2v) is 7.12. The molecule has 1 atom stereocenters. The van der Waals surface area contributed by atoms with Crippen molar-refractivity contribution in [3.8, 4) is 11.5 Å². The largest absolute Gasteiger partial charge is 0.491 e. The van der Waals surface area contributed by atoms with E-state index in [0.717, 1.165) is 22.6 Å². The summed E-state index contributed by atoms with van der Waals surface area (Å²) in [7, 11) is 0. The van der Waals surface area contributed by atoms with Crippen LogP contribution in [0.15, 0.2) is 72.8 Å². The van der Waals surface area contributed by atoms with Crippen molar-refractivity contribution in [2.75, 3.05) is 19.8 Å².